The molecule has 1 saturated carbocycles. The third-order valence-electron chi connectivity index (χ3n) is 2.48. The van der Waals surface area contributed by atoms with Crippen LogP contribution in [-0.4, -0.2) is 7.11 Å². The smallest absolute Gasteiger partial charge is 0.118 e. The summed E-state index contributed by atoms with van der Waals surface area (Å²) in [5.74, 6) is 1.73. The van der Waals surface area contributed by atoms with Gasteiger partial charge in [0.1, 0.15) is 5.75 Å². The van der Waals surface area contributed by atoms with Crippen LogP contribution >= 0.6 is 0 Å². The van der Waals surface area contributed by atoms with Crippen LogP contribution in [0.4, 0.5) is 0 Å². The van der Waals surface area contributed by atoms with Crippen LogP contribution in [0, 0.1) is 5.92 Å². The molecule has 1 nitrogen and oxygen atoms in total. The van der Waals surface area contributed by atoms with Crippen molar-refractivity contribution in [1.29, 1.82) is 0 Å². The minimum absolute atomic E-state index is 0.808. The van der Waals surface area contributed by atoms with E-state index in [1.54, 1.807) is 12.7 Å². The van der Waals surface area contributed by atoms with Crippen LogP contribution < -0.4 is 4.74 Å². The van der Waals surface area contributed by atoms with Gasteiger partial charge in [0.05, 0.1) is 7.11 Å². The number of ether oxygens (including phenoxy) is 1. The summed E-state index contributed by atoms with van der Waals surface area (Å²) in [7, 11) is 1.69. The van der Waals surface area contributed by atoms with Crippen LogP contribution in [0.2, 0.25) is 0 Å². The molecule has 2 rings (SSSR count). The van der Waals surface area contributed by atoms with E-state index in [0.29, 0.717) is 0 Å². The van der Waals surface area contributed by atoms with E-state index >= 15 is 0 Å². The Kier molecular flexibility index (Phi) is 2.09. The highest BCUT2D eigenvalue weighted by molar-refractivity contribution is 5.58. The molecule has 0 aliphatic heterocycles. The van der Waals surface area contributed by atoms with Crippen molar-refractivity contribution in [2.24, 2.45) is 5.92 Å². The maximum Gasteiger partial charge on any atom is 0.118 e. The van der Waals surface area contributed by atoms with Gasteiger partial charge in [-0.25, -0.2) is 0 Å². The second kappa shape index (κ2) is 3.25. The molecule has 1 unspecified atom stereocenters. The third-order valence-corrected chi connectivity index (χ3v) is 2.48. The van der Waals surface area contributed by atoms with Gasteiger partial charge in [-0.15, -0.1) is 0 Å². The van der Waals surface area contributed by atoms with E-state index < -0.39 is 0 Å². The fourth-order valence-electron chi connectivity index (χ4n) is 1.41. The molecule has 0 spiro atoms. The van der Waals surface area contributed by atoms with Gasteiger partial charge < -0.3 is 4.74 Å². The highest BCUT2D eigenvalue weighted by atomic mass is 16.5. The van der Waals surface area contributed by atoms with Crippen molar-refractivity contribution >= 4 is 6.08 Å². The van der Waals surface area contributed by atoms with Gasteiger partial charge in [-0.1, -0.05) is 30.7 Å². The molecule has 0 N–H and O–H groups in total. The van der Waals surface area contributed by atoms with Crippen molar-refractivity contribution in [3.05, 3.63) is 35.4 Å². The highest BCUT2D eigenvalue weighted by Gasteiger charge is 2.23. The summed E-state index contributed by atoms with van der Waals surface area (Å²) in [5.41, 5.74) is 2.84. The minimum Gasteiger partial charge on any atom is -0.497 e. The van der Waals surface area contributed by atoms with Gasteiger partial charge in [-0.3, -0.25) is 0 Å². The third kappa shape index (κ3) is 1.92. The standard InChI is InChI=1S/C12H14O/c1-9-7-11(9)8-10-3-5-12(13-2)6-4-10/h3-6,8-9H,7H2,1-2H3/b11-8+. The first-order chi connectivity index (χ1) is 6.29. The van der Waals surface area contributed by atoms with Gasteiger partial charge in [0, 0.05) is 0 Å². The Hall–Kier alpha value is -1.24. The van der Waals surface area contributed by atoms with Gasteiger partial charge in [-0.2, -0.15) is 0 Å². The average Bonchev–Trinajstić information content (AvgIpc) is 2.83. The topological polar surface area (TPSA) is 9.23 Å². The van der Waals surface area contributed by atoms with E-state index in [-0.39, 0.29) is 0 Å². The summed E-state index contributed by atoms with van der Waals surface area (Å²) in [6.45, 7) is 2.26. The zero-order valence-electron chi connectivity index (χ0n) is 8.08. The van der Waals surface area contributed by atoms with E-state index in [1.165, 1.54) is 12.0 Å². The summed E-state index contributed by atoms with van der Waals surface area (Å²) in [5, 5.41) is 0. The number of rotatable bonds is 2. The second-order valence-corrected chi connectivity index (χ2v) is 3.60. The van der Waals surface area contributed by atoms with Crippen molar-refractivity contribution < 1.29 is 4.74 Å². The van der Waals surface area contributed by atoms with Crippen molar-refractivity contribution in [1.82, 2.24) is 0 Å². The van der Waals surface area contributed by atoms with Crippen LogP contribution in [0.15, 0.2) is 29.8 Å². The lowest BCUT2D eigenvalue weighted by Gasteiger charge is -1.98. The molecule has 1 atom stereocenters. The zero-order valence-corrected chi connectivity index (χ0v) is 8.08. The quantitative estimate of drug-likeness (QED) is 0.669. The predicted molar refractivity (Wildman–Crippen MR) is 54.8 cm³/mol. The number of benzene rings is 1. The maximum absolute atomic E-state index is 5.09. The molecule has 68 valence electrons. The second-order valence-electron chi connectivity index (χ2n) is 3.60. The summed E-state index contributed by atoms with van der Waals surface area (Å²) in [6, 6.07) is 8.19. The van der Waals surface area contributed by atoms with Gasteiger partial charge in [-0.05, 0) is 30.0 Å². The fourth-order valence-corrected chi connectivity index (χ4v) is 1.41. The monoisotopic (exact) mass is 174 g/mol. The Morgan fingerprint density at radius 1 is 1.31 bits per heavy atom. The Bertz CT molecular complexity index is 321. The fraction of sp³-hybridized carbons (Fsp3) is 0.333. The number of methoxy groups -OCH3 is 1. The Labute approximate surface area is 79.0 Å². The first kappa shape index (κ1) is 8.36. The highest BCUT2D eigenvalue weighted by Crippen LogP contribution is 2.38. The molecular weight excluding hydrogens is 160 g/mol. The largest absolute Gasteiger partial charge is 0.497 e. The molecule has 0 aromatic heterocycles. The molecule has 1 aromatic carbocycles. The molecule has 1 aliphatic rings. The Balaban J connectivity index is 2.14. The van der Waals surface area contributed by atoms with Crippen LogP contribution in [0.3, 0.4) is 0 Å². The molecular formula is C12H14O. The minimum atomic E-state index is 0.808. The molecule has 0 radical (unpaired) electrons. The first-order valence-corrected chi connectivity index (χ1v) is 4.64. The lowest BCUT2D eigenvalue weighted by atomic mass is 10.2. The number of hydrogen-bond acceptors (Lipinski definition) is 1. The predicted octanol–water partition coefficient (Wildman–Crippen LogP) is 3.12. The Morgan fingerprint density at radius 3 is 2.38 bits per heavy atom. The van der Waals surface area contributed by atoms with Crippen LogP contribution in [0.5, 0.6) is 5.75 Å². The first-order valence-electron chi connectivity index (χ1n) is 4.64. The summed E-state index contributed by atoms with van der Waals surface area (Å²) >= 11 is 0. The van der Waals surface area contributed by atoms with Crippen molar-refractivity contribution in [2.45, 2.75) is 13.3 Å². The van der Waals surface area contributed by atoms with Gasteiger partial charge >= 0.3 is 0 Å². The SMILES string of the molecule is COc1ccc(/C=C2\CC2C)cc1. The van der Waals surface area contributed by atoms with Crippen LogP contribution in [0.1, 0.15) is 18.9 Å². The summed E-state index contributed by atoms with van der Waals surface area (Å²) in [6.07, 6.45) is 3.54. The zero-order chi connectivity index (χ0) is 9.26. The Morgan fingerprint density at radius 2 is 1.92 bits per heavy atom. The average molecular weight is 174 g/mol. The molecule has 13 heavy (non-hydrogen) atoms. The van der Waals surface area contributed by atoms with Gasteiger partial charge in [0.15, 0.2) is 0 Å². The number of hydrogen-bond donors (Lipinski definition) is 0. The van der Waals surface area contributed by atoms with E-state index in [0.717, 1.165) is 11.7 Å². The molecule has 0 amide bonds. The summed E-state index contributed by atoms with van der Waals surface area (Å²) < 4.78 is 5.09. The van der Waals surface area contributed by atoms with Crippen LogP contribution in [0.25, 0.3) is 6.08 Å². The van der Waals surface area contributed by atoms with E-state index in [2.05, 4.69) is 25.1 Å². The molecule has 0 heterocycles. The van der Waals surface area contributed by atoms with Crippen molar-refractivity contribution in [2.75, 3.05) is 7.11 Å². The van der Waals surface area contributed by atoms with Gasteiger partial charge in [0.25, 0.3) is 0 Å². The van der Waals surface area contributed by atoms with E-state index in [9.17, 15) is 0 Å². The molecule has 1 aliphatic carbocycles. The molecule has 1 aromatic rings. The summed E-state index contributed by atoms with van der Waals surface area (Å²) in [4.78, 5) is 0. The number of allylic oxidation sites excluding steroid dienone is 1. The van der Waals surface area contributed by atoms with Crippen LogP contribution in [-0.2, 0) is 0 Å². The van der Waals surface area contributed by atoms with E-state index in [1.807, 2.05) is 12.1 Å². The van der Waals surface area contributed by atoms with E-state index in [4.69, 9.17) is 4.74 Å². The normalized spacial score (nSPS) is 23.2. The van der Waals surface area contributed by atoms with Crippen molar-refractivity contribution in [3.8, 4) is 5.75 Å². The van der Waals surface area contributed by atoms with Crippen molar-refractivity contribution in [3.63, 3.8) is 0 Å². The molecule has 0 saturated heterocycles. The van der Waals surface area contributed by atoms with Gasteiger partial charge in [0.2, 0.25) is 0 Å². The lowest BCUT2D eigenvalue weighted by Crippen LogP contribution is -1.81. The molecule has 0 bridgehead atoms. The molecule has 1 fully saturated rings. The molecule has 1 heteroatoms. The lowest BCUT2D eigenvalue weighted by molar-refractivity contribution is 0.415. The maximum atomic E-state index is 5.09.